The lowest BCUT2D eigenvalue weighted by molar-refractivity contribution is 0.672. The lowest BCUT2D eigenvalue weighted by Gasteiger charge is -2.22. The van der Waals surface area contributed by atoms with Crippen molar-refractivity contribution in [2.75, 3.05) is 0 Å². The third kappa shape index (κ3) is 4.76. The van der Waals surface area contributed by atoms with E-state index < -0.39 is 0 Å². The van der Waals surface area contributed by atoms with Crippen molar-refractivity contribution in [2.45, 2.75) is 41.5 Å². The molecule has 278 valence electrons. The van der Waals surface area contributed by atoms with E-state index >= 15 is 0 Å². The van der Waals surface area contributed by atoms with Crippen LogP contribution in [-0.4, -0.2) is 0 Å². The number of hydrogen-bond donors (Lipinski definition) is 0. The van der Waals surface area contributed by atoms with E-state index in [0.717, 1.165) is 54.6 Å². The van der Waals surface area contributed by atoms with Gasteiger partial charge in [0.25, 0.3) is 0 Å². The van der Waals surface area contributed by atoms with Gasteiger partial charge < -0.3 is 8.83 Å². The Morgan fingerprint density at radius 2 is 0.793 bits per heavy atom. The second-order valence-corrected chi connectivity index (χ2v) is 18.3. The number of benzene rings is 8. The number of rotatable bonds is 4. The van der Waals surface area contributed by atoms with Crippen LogP contribution in [-0.2, 0) is 0 Å². The van der Waals surface area contributed by atoms with Gasteiger partial charge in [-0.1, -0.05) is 59.7 Å². The average Bonchev–Trinajstić information content (AvgIpc) is 4.03. The van der Waals surface area contributed by atoms with Gasteiger partial charge in [-0.2, -0.15) is 0 Å². The minimum atomic E-state index is 0.908. The molecule has 0 bridgehead atoms. The standard InChI is InChI=1S/C54H38O2S2/c1-27-17-29(3)49(30(4)18-27)37-25-43-52-40(24-42-36-14-12-34(48-10-8-16-58-48)22-46(36)55-53(42)43)38(50-31(5)19-28(2)20-32(50)6)26-44-51(52)39(37)23-41-35-13-11-33(47-9-7-15-57-47)21-45(35)56-54(41)44/h7-26H,1-6H3. The van der Waals surface area contributed by atoms with Gasteiger partial charge in [0.1, 0.15) is 22.3 Å². The molecule has 0 aliphatic carbocycles. The van der Waals surface area contributed by atoms with Crippen molar-refractivity contribution in [1.82, 2.24) is 0 Å². The molecule has 0 aliphatic heterocycles. The van der Waals surface area contributed by atoms with Crippen LogP contribution in [0.15, 0.2) is 129 Å². The molecule has 0 N–H and O–H groups in total. The quantitative estimate of drug-likeness (QED) is 0.166. The Morgan fingerprint density at radius 3 is 1.17 bits per heavy atom. The van der Waals surface area contributed by atoms with Crippen molar-refractivity contribution in [3.05, 3.63) is 153 Å². The lowest BCUT2D eigenvalue weighted by atomic mass is 9.81. The maximum Gasteiger partial charge on any atom is 0.143 e. The number of aryl methyl sites for hydroxylation is 6. The molecule has 58 heavy (non-hydrogen) atoms. The fourth-order valence-corrected chi connectivity index (χ4v) is 11.8. The van der Waals surface area contributed by atoms with E-state index in [4.69, 9.17) is 8.83 Å². The topological polar surface area (TPSA) is 26.3 Å². The molecular formula is C54H38O2S2. The fraction of sp³-hybridized carbons (Fsp3) is 0.111. The second kappa shape index (κ2) is 12.2. The summed E-state index contributed by atoms with van der Waals surface area (Å²) in [5.41, 5.74) is 18.7. The summed E-state index contributed by atoms with van der Waals surface area (Å²) in [4.78, 5) is 2.48. The Morgan fingerprint density at radius 1 is 0.379 bits per heavy atom. The Kier molecular flexibility index (Phi) is 7.10. The van der Waals surface area contributed by atoms with Crippen molar-refractivity contribution >= 4 is 98.9 Å². The first-order chi connectivity index (χ1) is 28.2. The van der Waals surface area contributed by atoms with Gasteiger partial charge in [-0.25, -0.2) is 0 Å². The van der Waals surface area contributed by atoms with E-state index in [1.807, 2.05) is 0 Å². The fourth-order valence-electron chi connectivity index (χ4n) is 10.4. The predicted molar refractivity (Wildman–Crippen MR) is 251 cm³/mol. The van der Waals surface area contributed by atoms with Crippen LogP contribution in [0, 0.1) is 41.5 Å². The SMILES string of the molecule is Cc1cc(C)c(-c2cc3c4oc5cc(-c6cccs6)ccc5c4cc4c(-c5c(C)cc(C)cc5C)cc5c6oc7cc(-c8cccs8)ccc7c6cc2c5c43)c(C)c1. The van der Waals surface area contributed by atoms with Crippen LogP contribution in [0.4, 0.5) is 0 Å². The van der Waals surface area contributed by atoms with Gasteiger partial charge in [0.2, 0.25) is 0 Å². The molecule has 0 saturated heterocycles. The van der Waals surface area contributed by atoms with E-state index in [-0.39, 0.29) is 0 Å². The van der Waals surface area contributed by atoms with Crippen molar-refractivity contribution in [3.8, 4) is 43.1 Å². The molecule has 0 saturated carbocycles. The van der Waals surface area contributed by atoms with Gasteiger partial charge >= 0.3 is 0 Å². The van der Waals surface area contributed by atoms with E-state index in [9.17, 15) is 0 Å². The largest absolute Gasteiger partial charge is 0.455 e. The van der Waals surface area contributed by atoms with Crippen LogP contribution >= 0.6 is 22.7 Å². The molecular weight excluding hydrogens is 745 g/mol. The highest BCUT2D eigenvalue weighted by Crippen LogP contribution is 2.52. The Labute approximate surface area is 343 Å². The van der Waals surface area contributed by atoms with Crippen molar-refractivity contribution in [1.29, 1.82) is 0 Å². The number of fused-ring (bicyclic) bond motifs is 8. The molecule has 8 aromatic carbocycles. The molecule has 4 heterocycles. The number of furan rings is 2. The molecule has 12 aromatic rings. The number of hydrogen-bond acceptors (Lipinski definition) is 4. The van der Waals surface area contributed by atoms with Crippen LogP contribution in [0.25, 0.3) is 119 Å². The highest BCUT2D eigenvalue weighted by molar-refractivity contribution is 7.13. The van der Waals surface area contributed by atoms with E-state index in [1.165, 1.54) is 98.1 Å². The summed E-state index contributed by atoms with van der Waals surface area (Å²) in [5.74, 6) is 0. The third-order valence-corrected chi connectivity index (χ3v) is 14.4. The van der Waals surface area contributed by atoms with Crippen molar-refractivity contribution in [2.24, 2.45) is 0 Å². The van der Waals surface area contributed by atoms with E-state index in [1.54, 1.807) is 22.7 Å². The Balaban J connectivity index is 1.31. The third-order valence-electron chi connectivity index (χ3n) is 12.5. The molecule has 0 atom stereocenters. The number of thiophene rings is 2. The Hall–Kier alpha value is -6.20. The minimum absolute atomic E-state index is 0.908. The zero-order valence-electron chi connectivity index (χ0n) is 33.2. The summed E-state index contributed by atoms with van der Waals surface area (Å²) in [6.45, 7) is 13.4. The molecule has 2 nitrogen and oxygen atoms in total. The Bertz CT molecular complexity index is 3380. The van der Waals surface area contributed by atoms with E-state index in [0.29, 0.717) is 0 Å². The molecule has 0 fully saturated rings. The van der Waals surface area contributed by atoms with Crippen LogP contribution < -0.4 is 0 Å². The van der Waals surface area contributed by atoms with Crippen LogP contribution in [0.3, 0.4) is 0 Å². The predicted octanol–water partition coefficient (Wildman–Crippen LogP) is 17.0. The summed E-state index contributed by atoms with van der Waals surface area (Å²) in [6.07, 6.45) is 0. The van der Waals surface area contributed by atoms with Crippen molar-refractivity contribution in [3.63, 3.8) is 0 Å². The molecule has 12 rings (SSSR count). The average molecular weight is 783 g/mol. The van der Waals surface area contributed by atoms with E-state index in [2.05, 4.69) is 161 Å². The molecule has 0 amide bonds. The maximum atomic E-state index is 7.09. The maximum absolute atomic E-state index is 7.09. The lowest BCUT2D eigenvalue weighted by Crippen LogP contribution is -1.96. The zero-order valence-corrected chi connectivity index (χ0v) is 34.8. The van der Waals surface area contributed by atoms with Crippen LogP contribution in [0.1, 0.15) is 33.4 Å². The highest BCUT2D eigenvalue weighted by Gasteiger charge is 2.26. The molecule has 4 aromatic heterocycles. The van der Waals surface area contributed by atoms with Crippen molar-refractivity contribution < 1.29 is 8.83 Å². The first-order valence-corrected chi connectivity index (χ1v) is 21.7. The van der Waals surface area contributed by atoms with Crippen LogP contribution in [0.5, 0.6) is 0 Å². The monoisotopic (exact) mass is 782 g/mol. The summed E-state index contributed by atoms with van der Waals surface area (Å²) < 4.78 is 14.2. The molecule has 0 radical (unpaired) electrons. The van der Waals surface area contributed by atoms with Gasteiger partial charge in [0, 0.05) is 52.8 Å². The van der Waals surface area contributed by atoms with Crippen LogP contribution in [0.2, 0.25) is 0 Å². The smallest absolute Gasteiger partial charge is 0.143 e. The molecule has 4 heteroatoms. The minimum Gasteiger partial charge on any atom is -0.455 e. The van der Waals surface area contributed by atoms with Gasteiger partial charge in [-0.3, -0.25) is 0 Å². The summed E-state index contributed by atoms with van der Waals surface area (Å²) >= 11 is 3.52. The summed E-state index contributed by atoms with van der Waals surface area (Å²) in [5, 5.41) is 16.0. The summed E-state index contributed by atoms with van der Waals surface area (Å²) in [6, 6.07) is 41.1. The van der Waals surface area contributed by atoms with Gasteiger partial charge in [0.15, 0.2) is 0 Å². The highest BCUT2D eigenvalue weighted by atomic mass is 32.1. The summed E-state index contributed by atoms with van der Waals surface area (Å²) in [7, 11) is 0. The second-order valence-electron chi connectivity index (χ2n) is 16.4. The van der Waals surface area contributed by atoms with Gasteiger partial charge in [-0.15, -0.1) is 22.7 Å². The van der Waals surface area contributed by atoms with Gasteiger partial charge in [0.05, 0.1) is 0 Å². The molecule has 0 spiro atoms. The first-order valence-electron chi connectivity index (χ1n) is 20.0. The molecule has 0 unspecified atom stereocenters. The van der Waals surface area contributed by atoms with Gasteiger partial charge in [-0.05, 0) is 179 Å². The zero-order chi connectivity index (χ0) is 39.1. The molecule has 0 aliphatic rings. The normalized spacial score (nSPS) is 12.3. The first kappa shape index (κ1) is 33.9.